The van der Waals surface area contributed by atoms with Gasteiger partial charge in [0, 0.05) is 25.0 Å². The van der Waals surface area contributed by atoms with Gasteiger partial charge < -0.3 is 20.1 Å². The highest BCUT2D eigenvalue weighted by atomic mass is 16.6. The number of nitrogens with one attached hydrogen (secondary N) is 2. The van der Waals surface area contributed by atoms with E-state index in [9.17, 15) is 9.59 Å². The fourth-order valence-corrected chi connectivity index (χ4v) is 4.15. The quantitative estimate of drug-likeness (QED) is 0.801. The molecule has 3 saturated carbocycles. The van der Waals surface area contributed by atoms with Crippen LogP contribution in [0.3, 0.4) is 0 Å². The van der Waals surface area contributed by atoms with Gasteiger partial charge in [0.05, 0.1) is 13.2 Å². The molecule has 2 bridgehead atoms. The fourth-order valence-electron chi connectivity index (χ4n) is 4.15. The van der Waals surface area contributed by atoms with Crippen LogP contribution >= 0.6 is 0 Å². The van der Waals surface area contributed by atoms with Crippen molar-refractivity contribution in [1.29, 1.82) is 0 Å². The van der Waals surface area contributed by atoms with E-state index in [2.05, 4.69) is 10.6 Å². The maximum Gasteiger partial charge on any atom is 0.407 e. The molecule has 6 heteroatoms. The summed E-state index contributed by atoms with van der Waals surface area (Å²) in [5.41, 5.74) is -0.313. The van der Waals surface area contributed by atoms with Crippen molar-refractivity contribution >= 4 is 11.9 Å². The smallest absolute Gasteiger partial charge is 0.407 e. The monoisotopic (exact) mass is 368 g/mol. The molecule has 0 unspecified atom stereocenters. The molecule has 1 amide bonds. The minimum atomic E-state index is -0.454. The summed E-state index contributed by atoms with van der Waals surface area (Å²) < 4.78 is 10.3. The van der Waals surface area contributed by atoms with Crippen molar-refractivity contribution < 1.29 is 19.1 Å². The molecule has 3 aliphatic carbocycles. The first kappa shape index (κ1) is 21.2. The van der Waals surface area contributed by atoms with Crippen LogP contribution < -0.4 is 10.6 Å². The predicted molar refractivity (Wildman–Crippen MR) is 101 cm³/mol. The van der Waals surface area contributed by atoms with E-state index in [0.717, 1.165) is 64.8 Å². The predicted octanol–water partition coefficient (Wildman–Crippen LogP) is 3.05. The van der Waals surface area contributed by atoms with Crippen LogP contribution in [-0.2, 0) is 14.3 Å². The van der Waals surface area contributed by atoms with E-state index < -0.39 is 5.60 Å². The maximum atomic E-state index is 11.8. The Labute approximate surface area is 157 Å². The Kier molecular flexibility index (Phi) is 7.08. The number of rotatable bonds is 3. The number of fused-ring (bicyclic) bond motifs is 3. The van der Waals surface area contributed by atoms with Gasteiger partial charge >= 0.3 is 6.09 Å². The van der Waals surface area contributed by atoms with E-state index in [4.69, 9.17) is 9.47 Å². The van der Waals surface area contributed by atoms with Crippen molar-refractivity contribution in [3.05, 3.63) is 0 Å². The summed E-state index contributed by atoms with van der Waals surface area (Å²) in [6.07, 6.45) is 5.75. The Balaban J connectivity index is 0.000000342. The average molecular weight is 369 g/mol. The first-order valence-electron chi connectivity index (χ1n) is 9.93. The molecular formula is C20H36N2O4. The largest absolute Gasteiger partial charge is 0.444 e. The second-order valence-electron chi connectivity index (χ2n) is 9.05. The van der Waals surface area contributed by atoms with Crippen molar-refractivity contribution in [3.8, 4) is 0 Å². The second kappa shape index (κ2) is 8.70. The first-order chi connectivity index (χ1) is 12.2. The molecular weight excluding hydrogens is 332 g/mol. The van der Waals surface area contributed by atoms with E-state index in [1.54, 1.807) is 6.92 Å². The summed E-state index contributed by atoms with van der Waals surface area (Å²) in [5.74, 6) is 0.353. The Morgan fingerprint density at radius 3 is 1.92 bits per heavy atom. The summed E-state index contributed by atoms with van der Waals surface area (Å²) >= 11 is 0. The van der Waals surface area contributed by atoms with Crippen LogP contribution in [0.1, 0.15) is 66.2 Å². The van der Waals surface area contributed by atoms with Crippen LogP contribution in [0.5, 0.6) is 0 Å². The van der Waals surface area contributed by atoms with E-state index in [0.29, 0.717) is 12.3 Å². The SMILES string of the molecule is C1COCCN1.CC(=O)C12CCC(CNC(=O)OC(C)(C)C)(CC1)CC2. The van der Waals surface area contributed by atoms with Gasteiger partial charge in [-0.1, -0.05) is 0 Å². The lowest BCUT2D eigenvalue weighted by Crippen LogP contribution is -2.50. The third kappa shape index (κ3) is 5.95. The van der Waals surface area contributed by atoms with E-state index in [1.165, 1.54) is 0 Å². The standard InChI is InChI=1S/C16H27NO3.C4H9NO/c1-12(18)16-8-5-15(6-9-16,7-10-16)11-17-13(19)20-14(2,3)4;1-3-6-4-2-5-1/h5-11H2,1-4H3,(H,17,19);5H,1-4H2. The summed E-state index contributed by atoms with van der Waals surface area (Å²) in [6.45, 7) is 11.8. The molecule has 4 rings (SSSR count). The molecule has 1 aliphatic heterocycles. The average Bonchev–Trinajstić information content (AvgIpc) is 2.62. The molecule has 0 atom stereocenters. The summed E-state index contributed by atoms with van der Waals surface area (Å²) in [4.78, 5) is 23.6. The van der Waals surface area contributed by atoms with Crippen molar-refractivity contribution in [2.45, 2.75) is 71.8 Å². The van der Waals surface area contributed by atoms with Crippen molar-refractivity contribution in [2.75, 3.05) is 32.8 Å². The normalized spacial score (nSPS) is 30.8. The lowest BCUT2D eigenvalue weighted by molar-refractivity contribution is -0.135. The Hall–Kier alpha value is -1.14. The molecule has 1 saturated heterocycles. The van der Waals surface area contributed by atoms with Gasteiger partial charge in [0.25, 0.3) is 0 Å². The van der Waals surface area contributed by atoms with Gasteiger partial charge in [0.15, 0.2) is 0 Å². The van der Waals surface area contributed by atoms with Gasteiger partial charge in [0.2, 0.25) is 0 Å². The lowest BCUT2D eigenvalue weighted by Gasteiger charge is -2.52. The lowest BCUT2D eigenvalue weighted by atomic mass is 9.52. The van der Waals surface area contributed by atoms with Gasteiger partial charge in [-0.25, -0.2) is 4.79 Å². The van der Waals surface area contributed by atoms with Crippen LogP contribution in [0.15, 0.2) is 0 Å². The Morgan fingerprint density at radius 2 is 1.58 bits per heavy atom. The number of carbonyl (C=O) groups is 2. The molecule has 0 aromatic carbocycles. The van der Waals surface area contributed by atoms with Gasteiger partial charge in [-0.15, -0.1) is 0 Å². The number of amides is 1. The molecule has 1 heterocycles. The number of ether oxygens (including phenoxy) is 2. The van der Waals surface area contributed by atoms with Crippen LogP contribution in [0.25, 0.3) is 0 Å². The first-order valence-corrected chi connectivity index (χ1v) is 9.93. The number of Topliss-reactive ketones (excluding diaryl/α,β-unsaturated/α-hetero) is 1. The Morgan fingerprint density at radius 1 is 1.04 bits per heavy atom. The van der Waals surface area contributed by atoms with Gasteiger partial charge in [-0.2, -0.15) is 0 Å². The molecule has 0 aromatic rings. The van der Waals surface area contributed by atoms with Crippen LogP contribution in [0, 0.1) is 10.8 Å². The zero-order valence-electron chi connectivity index (χ0n) is 16.9. The molecule has 6 nitrogen and oxygen atoms in total. The molecule has 2 N–H and O–H groups in total. The minimum absolute atomic E-state index is 0.0479. The third-order valence-corrected chi connectivity index (χ3v) is 6.00. The molecule has 4 aliphatic rings. The molecule has 26 heavy (non-hydrogen) atoms. The number of ketones is 1. The summed E-state index contributed by atoms with van der Waals surface area (Å²) in [6, 6.07) is 0. The number of morpholine rings is 1. The van der Waals surface area contributed by atoms with E-state index in [-0.39, 0.29) is 16.9 Å². The molecule has 0 radical (unpaired) electrons. The number of hydrogen-bond acceptors (Lipinski definition) is 5. The summed E-state index contributed by atoms with van der Waals surface area (Å²) in [7, 11) is 0. The van der Waals surface area contributed by atoms with Crippen LogP contribution in [0.2, 0.25) is 0 Å². The number of carbonyl (C=O) groups excluding carboxylic acids is 2. The molecule has 4 fully saturated rings. The number of hydrogen-bond donors (Lipinski definition) is 2. The van der Waals surface area contributed by atoms with Crippen molar-refractivity contribution in [2.24, 2.45) is 10.8 Å². The second-order valence-corrected chi connectivity index (χ2v) is 9.05. The fraction of sp³-hybridized carbons (Fsp3) is 0.900. The van der Waals surface area contributed by atoms with Crippen molar-refractivity contribution in [3.63, 3.8) is 0 Å². The van der Waals surface area contributed by atoms with E-state index in [1.807, 2.05) is 20.8 Å². The molecule has 150 valence electrons. The van der Waals surface area contributed by atoms with Gasteiger partial charge in [-0.3, -0.25) is 4.79 Å². The van der Waals surface area contributed by atoms with Gasteiger partial charge in [-0.05, 0) is 71.6 Å². The molecule has 0 aromatic heterocycles. The highest BCUT2D eigenvalue weighted by Crippen LogP contribution is 2.56. The van der Waals surface area contributed by atoms with Crippen molar-refractivity contribution in [1.82, 2.24) is 10.6 Å². The highest BCUT2D eigenvalue weighted by Gasteiger charge is 2.50. The minimum Gasteiger partial charge on any atom is -0.444 e. The van der Waals surface area contributed by atoms with Gasteiger partial charge in [0.1, 0.15) is 11.4 Å². The highest BCUT2D eigenvalue weighted by molar-refractivity contribution is 5.82. The van der Waals surface area contributed by atoms with Crippen LogP contribution in [0.4, 0.5) is 4.79 Å². The Bertz CT molecular complexity index is 458. The maximum absolute atomic E-state index is 11.8. The topological polar surface area (TPSA) is 76.7 Å². The zero-order chi connectivity index (χ0) is 19.3. The van der Waals surface area contributed by atoms with Crippen LogP contribution in [-0.4, -0.2) is 50.3 Å². The molecule has 0 spiro atoms. The zero-order valence-corrected chi connectivity index (χ0v) is 16.9. The summed E-state index contributed by atoms with van der Waals surface area (Å²) in [5, 5.41) is 6.08. The van der Waals surface area contributed by atoms with E-state index >= 15 is 0 Å². The number of alkyl carbamates (subject to hydrolysis) is 1. The third-order valence-electron chi connectivity index (χ3n) is 6.00.